The lowest BCUT2D eigenvalue weighted by Crippen LogP contribution is -2.16. The summed E-state index contributed by atoms with van der Waals surface area (Å²) in [6, 6.07) is 10.1. The number of nitrogens with zero attached hydrogens (tertiary/aromatic N) is 2. The van der Waals surface area contributed by atoms with Gasteiger partial charge in [0.2, 0.25) is 5.13 Å². The number of carbonyl (C=O) groups is 1. The molecule has 0 saturated heterocycles. The van der Waals surface area contributed by atoms with E-state index in [4.69, 9.17) is 4.74 Å². The first-order chi connectivity index (χ1) is 9.28. The summed E-state index contributed by atoms with van der Waals surface area (Å²) in [4.78, 5) is 11.3. The molecule has 1 amide bonds. The topological polar surface area (TPSA) is 64.1 Å². The second kappa shape index (κ2) is 7.22. The van der Waals surface area contributed by atoms with E-state index in [1.165, 1.54) is 24.0 Å². The van der Waals surface area contributed by atoms with Crippen LogP contribution in [-0.4, -0.2) is 29.8 Å². The summed E-state index contributed by atoms with van der Waals surface area (Å²) < 4.78 is 5.56. The normalized spacial score (nSPS) is 10.4. The fourth-order valence-corrected chi connectivity index (χ4v) is 3.05. The molecule has 7 heteroatoms. The number of amides is 1. The maximum atomic E-state index is 11.3. The van der Waals surface area contributed by atoms with Crippen LogP contribution in [0.2, 0.25) is 0 Å². The van der Waals surface area contributed by atoms with Gasteiger partial charge < -0.3 is 4.74 Å². The number of nitrogens with one attached hydrogen (secondary N) is 1. The van der Waals surface area contributed by atoms with E-state index in [1.807, 2.05) is 18.2 Å². The minimum absolute atomic E-state index is 0.0199. The molecule has 0 atom stereocenters. The van der Waals surface area contributed by atoms with E-state index < -0.39 is 0 Å². The first-order valence-corrected chi connectivity index (χ1v) is 7.37. The summed E-state index contributed by atoms with van der Waals surface area (Å²) >= 11 is 2.96. The summed E-state index contributed by atoms with van der Waals surface area (Å²) in [5.41, 5.74) is 1.23. The van der Waals surface area contributed by atoms with E-state index in [-0.39, 0.29) is 12.5 Å². The van der Waals surface area contributed by atoms with Crippen LogP contribution in [0.5, 0.6) is 0 Å². The maximum absolute atomic E-state index is 11.3. The predicted molar refractivity (Wildman–Crippen MR) is 76.4 cm³/mol. The van der Waals surface area contributed by atoms with Crippen molar-refractivity contribution in [2.24, 2.45) is 0 Å². The van der Waals surface area contributed by atoms with Crippen molar-refractivity contribution in [3.63, 3.8) is 0 Å². The molecule has 0 aliphatic heterocycles. The molecule has 0 fully saturated rings. The summed E-state index contributed by atoms with van der Waals surface area (Å²) in [5.74, 6) is 0.611. The van der Waals surface area contributed by atoms with Crippen molar-refractivity contribution in [3.05, 3.63) is 35.9 Å². The second-order valence-electron chi connectivity index (χ2n) is 3.63. The molecule has 0 unspecified atom stereocenters. The van der Waals surface area contributed by atoms with Crippen molar-refractivity contribution in [2.75, 3.05) is 19.0 Å². The SMILES string of the molecule is COCC(=O)Nc1nnc(SCc2ccccc2)s1. The van der Waals surface area contributed by atoms with Crippen LogP contribution in [0.4, 0.5) is 5.13 Å². The first kappa shape index (κ1) is 14.0. The van der Waals surface area contributed by atoms with Gasteiger partial charge in [0.05, 0.1) is 0 Å². The predicted octanol–water partition coefficient (Wildman–Crippen LogP) is 2.42. The van der Waals surface area contributed by atoms with Gasteiger partial charge >= 0.3 is 0 Å². The maximum Gasteiger partial charge on any atom is 0.252 e. The third kappa shape index (κ3) is 4.62. The smallest absolute Gasteiger partial charge is 0.252 e. The lowest BCUT2D eigenvalue weighted by molar-refractivity contribution is -0.119. The molecular weight excluding hydrogens is 282 g/mol. The third-order valence-electron chi connectivity index (χ3n) is 2.13. The molecule has 0 bridgehead atoms. The quantitative estimate of drug-likeness (QED) is 0.655. The van der Waals surface area contributed by atoms with E-state index in [0.29, 0.717) is 5.13 Å². The molecule has 0 saturated carbocycles. The molecule has 100 valence electrons. The van der Waals surface area contributed by atoms with E-state index >= 15 is 0 Å². The summed E-state index contributed by atoms with van der Waals surface area (Å²) in [6.07, 6.45) is 0. The standard InChI is InChI=1S/C12H13N3O2S2/c1-17-7-10(16)13-11-14-15-12(19-11)18-8-9-5-3-2-4-6-9/h2-6H,7-8H2,1H3,(H,13,14,16). The van der Waals surface area contributed by atoms with Crippen LogP contribution in [0.15, 0.2) is 34.7 Å². The lowest BCUT2D eigenvalue weighted by Gasteiger charge is -1.98. The molecule has 1 heterocycles. The molecule has 0 aliphatic rings. The summed E-state index contributed by atoms with van der Waals surface area (Å²) in [6.45, 7) is 0.0199. The Morgan fingerprint density at radius 1 is 1.37 bits per heavy atom. The van der Waals surface area contributed by atoms with Gasteiger partial charge in [0.25, 0.3) is 5.91 Å². The van der Waals surface area contributed by atoms with Crippen LogP contribution in [0.1, 0.15) is 5.56 Å². The minimum atomic E-state index is -0.224. The Balaban J connectivity index is 1.85. The number of ether oxygens (including phenoxy) is 1. The molecule has 1 N–H and O–H groups in total. The Hall–Kier alpha value is -1.44. The van der Waals surface area contributed by atoms with Gasteiger partial charge in [-0.1, -0.05) is 53.4 Å². The van der Waals surface area contributed by atoms with E-state index in [2.05, 4.69) is 27.6 Å². The van der Waals surface area contributed by atoms with Crippen molar-refractivity contribution >= 4 is 34.1 Å². The van der Waals surface area contributed by atoms with Gasteiger partial charge in [-0.3, -0.25) is 10.1 Å². The number of hydrogen-bond acceptors (Lipinski definition) is 6. The summed E-state index contributed by atoms with van der Waals surface area (Å²) in [5, 5.41) is 11.1. The number of aromatic nitrogens is 2. The van der Waals surface area contributed by atoms with Gasteiger partial charge in [-0.2, -0.15) is 0 Å². The van der Waals surface area contributed by atoms with Crippen molar-refractivity contribution in [3.8, 4) is 0 Å². The van der Waals surface area contributed by atoms with Crippen LogP contribution < -0.4 is 5.32 Å². The first-order valence-electron chi connectivity index (χ1n) is 5.57. The highest BCUT2D eigenvalue weighted by atomic mass is 32.2. The third-order valence-corrected chi connectivity index (χ3v) is 4.18. The molecule has 0 aliphatic carbocycles. The average Bonchev–Trinajstić information content (AvgIpc) is 2.85. The van der Waals surface area contributed by atoms with Crippen molar-refractivity contribution in [2.45, 2.75) is 10.1 Å². The number of rotatable bonds is 6. The van der Waals surface area contributed by atoms with E-state index in [9.17, 15) is 4.79 Å². The molecule has 1 aromatic heterocycles. The number of hydrogen-bond donors (Lipinski definition) is 1. The molecular formula is C12H13N3O2S2. The highest BCUT2D eigenvalue weighted by molar-refractivity contribution is 8.00. The number of anilines is 1. The van der Waals surface area contributed by atoms with Gasteiger partial charge in [-0.15, -0.1) is 10.2 Å². The Morgan fingerprint density at radius 3 is 2.89 bits per heavy atom. The molecule has 5 nitrogen and oxygen atoms in total. The minimum Gasteiger partial charge on any atom is -0.375 e. The van der Waals surface area contributed by atoms with Crippen molar-refractivity contribution in [1.29, 1.82) is 0 Å². The Bertz CT molecular complexity index is 531. The summed E-state index contributed by atoms with van der Waals surface area (Å²) in [7, 11) is 1.47. The zero-order valence-electron chi connectivity index (χ0n) is 10.3. The highest BCUT2D eigenvalue weighted by Gasteiger charge is 2.08. The van der Waals surface area contributed by atoms with Crippen molar-refractivity contribution < 1.29 is 9.53 Å². The Labute approximate surface area is 119 Å². The van der Waals surface area contributed by atoms with Gasteiger partial charge in [0.15, 0.2) is 4.34 Å². The average molecular weight is 295 g/mol. The second-order valence-corrected chi connectivity index (χ2v) is 5.83. The fourth-order valence-electron chi connectivity index (χ4n) is 1.32. The van der Waals surface area contributed by atoms with Crippen molar-refractivity contribution in [1.82, 2.24) is 10.2 Å². The van der Waals surface area contributed by atoms with E-state index in [1.54, 1.807) is 11.8 Å². The largest absolute Gasteiger partial charge is 0.375 e. The number of thioether (sulfide) groups is 1. The van der Waals surface area contributed by atoms with Gasteiger partial charge in [-0.05, 0) is 5.56 Å². The molecule has 0 radical (unpaired) electrons. The Morgan fingerprint density at radius 2 is 2.16 bits per heavy atom. The molecule has 2 aromatic rings. The number of carbonyl (C=O) groups excluding carboxylic acids is 1. The molecule has 2 rings (SSSR count). The lowest BCUT2D eigenvalue weighted by atomic mass is 10.2. The number of methoxy groups -OCH3 is 1. The van der Waals surface area contributed by atoms with Crippen LogP contribution in [0.25, 0.3) is 0 Å². The van der Waals surface area contributed by atoms with Gasteiger partial charge in [0, 0.05) is 12.9 Å². The fraction of sp³-hybridized carbons (Fsp3) is 0.250. The highest BCUT2D eigenvalue weighted by Crippen LogP contribution is 2.28. The molecule has 1 aromatic carbocycles. The molecule has 19 heavy (non-hydrogen) atoms. The van der Waals surface area contributed by atoms with Gasteiger partial charge in [0.1, 0.15) is 6.61 Å². The zero-order chi connectivity index (χ0) is 13.5. The van der Waals surface area contributed by atoms with Crippen LogP contribution in [0.3, 0.4) is 0 Å². The Kier molecular flexibility index (Phi) is 5.31. The van der Waals surface area contributed by atoms with Crippen LogP contribution in [0, 0.1) is 0 Å². The van der Waals surface area contributed by atoms with Gasteiger partial charge in [-0.25, -0.2) is 0 Å². The molecule has 0 spiro atoms. The van der Waals surface area contributed by atoms with Crippen LogP contribution in [-0.2, 0) is 15.3 Å². The van der Waals surface area contributed by atoms with E-state index in [0.717, 1.165) is 10.1 Å². The number of benzene rings is 1. The van der Waals surface area contributed by atoms with Crippen LogP contribution >= 0.6 is 23.1 Å². The zero-order valence-corrected chi connectivity index (χ0v) is 12.0. The monoisotopic (exact) mass is 295 g/mol.